The Morgan fingerprint density at radius 3 is 2.43 bits per heavy atom. The van der Waals surface area contributed by atoms with E-state index in [-0.39, 0.29) is 17.6 Å². The highest BCUT2D eigenvalue weighted by molar-refractivity contribution is 6.31. The Kier molecular flexibility index (Phi) is 5.24. The van der Waals surface area contributed by atoms with E-state index in [2.05, 4.69) is 0 Å². The van der Waals surface area contributed by atoms with Crippen molar-refractivity contribution >= 4 is 23.2 Å². The topological polar surface area (TPSA) is 18.5 Å². The Hall–Kier alpha value is 0.240. The third kappa shape index (κ3) is 3.77. The molecule has 1 fully saturated rings. The third-order valence-corrected chi connectivity index (χ3v) is 2.68. The second-order valence-electron chi connectivity index (χ2n) is 3.48. The number of allylic oxidation sites excluding steroid dienone is 1. The van der Waals surface area contributed by atoms with Crippen LogP contribution in [0.15, 0.2) is 11.1 Å². The summed E-state index contributed by atoms with van der Waals surface area (Å²) in [7, 11) is 0. The van der Waals surface area contributed by atoms with Crippen LogP contribution in [0.2, 0.25) is 0 Å². The van der Waals surface area contributed by atoms with Crippen LogP contribution in [0.25, 0.3) is 0 Å². The molecule has 2 unspecified atom stereocenters. The normalized spacial score (nSPS) is 24.7. The number of alkyl halides is 1. The van der Waals surface area contributed by atoms with Gasteiger partial charge in [-0.25, -0.2) is 0 Å². The zero-order valence-corrected chi connectivity index (χ0v) is 10.0. The van der Waals surface area contributed by atoms with E-state index in [0.29, 0.717) is 5.03 Å². The summed E-state index contributed by atoms with van der Waals surface area (Å²) in [6, 6.07) is 0. The molecule has 1 rings (SSSR count). The van der Waals surface area contributed by atoms with Crippen molar-refractivity contribution in [1.82, 2.24) is 0 Å². The molecule has 1 saturated heterocycles. The van der Waals surface area contributed by atoms with Crippen molar-refractivity contribution in [3.63, 3.8) is 0 Å². The zero-order valence-electron chi connectivity index (χ0n) is 8.50. The Morgan fingerprint density at radius 2 is 1.93 bits per heavy atom. The molecule has 0 aromatic rings. The van der Waals surface area contributed by atoms with E-state index >= 15 is 0 Å². The minimum Gasteiger partial charge on any atom is -0.352 e. The number of hydrogen-bond acceptors (Lipinski definition) is 2. The lowest BCUT2D eigenvalue weighted by Gasteiger charge is -2.28. The van der Waals surface area contributed by atoms with E-state index in [9.17, 15) is 0 Å². The molecule has 2 nitrogen and oxygen atoms in total. The largest absolute Gasteiger partial charge is 0.352 e. The Balaban J connectivity index is 2.49. The van der Waals surface area contributed by atoms with Gasteiger partial charge in [0.2, 0.25) is 0 Å². The smallest absolute Gasteiger partial charge is 0.164 e. The summed E-state index contributed by atoms with van der Waals surface area (Å²) < 4.78 is 10.9. The van der Waals surface area contributed by atoms with Crippen molar-refractivity contribution < 1.29 is 9.47 Å². The van der Waals surface area contributed by atoms with Crippen LogP contribution >= 0.6 is 23.2 Å². The van der Waals surface area contributed by atoms with Gasteiger partial charge in [-0.3, -0.25) is 0 Å². The molecule has 0 saturated carbocycles. The lowest BCUT2D eigenvalue weighted by molar-refractivity contribution is -0.194. The molecular formula is C10H16Cl2O2. The second-order valence-corrected chi connectivity index (χ2v) is 4.61. The van der Waals surface area contributed by atoms with E-state index in [1.165, 1.54) is 0 Å². The van der Waals surface area contributed by atoms with Crippen molar-refractivity contribution in [2.24, 2.45) is 5.92 Å². The first-order valence-corrected chi connectivity index (χ1v) is 5.67. The first kappa shape index (κ1) is 12.3. The van der Waals surface area contributed by atoms with Crippen LogP contribution in [0.5, 0.6) is 0 Å². The number of halogens is 2. The summed E-state index contributed by atoms with van der Waals surface area (Å²) >= 11 is 11.9. The molecule has 0 N–H and O–H groups in total. The summed E-state index contributed by atoms with van der Waals surface area (Å²) in [4.78, 5) is 0. The number of ether oxygens (including phenoxy) is 2. The molecule has 0 spiro atoms. The lowest BCUT2D eigenvalue weighted by Crippen LogP contribution is -2.31. The van der Waals surface area contributed by atoms with Gasteiger partial charge in [0, 0.05) is 11.0 Å². The van der Waals surface area contributed by atoms with Gasteiger partial charge in [0.05, 0.1) is 18.6 Å². The Bertz CT molecular complexity index is 198. The fraction of sp³-hybridized carbons (Fsp3) is 0.800. The lowest BCUT2D eigenvalue weighted by atomic mass is 10.1. The van der Waals surface area contributed by atoms with Gasteiger partial charge in [-0.05, 0) is 13.3 Å². The molecule has 1 aliphatic rings. The minimum atomic E-state index is -0.220. The van der Waals surface area contributed by atoms with Crippen LogP contribution in [0, 0.1) is 5.92 Å². The zero-order chi connectivity index (χ0) is 10.6. The van der Waals surface area contributed by atoms with Gasteiger partial charge in [0.1, 0.15) is 0 Å². The molecule has 0 bridgehead atoms. The quantitative estimate of drug-likeness (QED) is 0.704. The van der Waals surface area contributed by atoms with Crippen molar-refractivity contribution in [3.05, 3.63) is 11.1 Å². The van der Waals surface area contributed by atoms with Gasteiger partial charge in [0.25, 0.3) is 0 Å². The van der Waals surface area contributed by atoms with Crippen molar-refractivity contribution in [3.8, 4) is 0 Å². The third-order valence-electron chi connectivity index (χ3n) is 2.09. The highest BCUT2D eigenvalue weighted by Crippen LogP contribution is 2.25. The summed E-state index contributed by atoms with van der Waals surface area (Å²) in [6.45, 7) is 5.35. The fourth-order valence-electron chi connectivity index (χ4n) is 1.30. The molecule has 82 valence electrons. The molecule has 0 aromatic carbocycles. The monoisotopic (exact) mass is 238 g/mol. The molecule has 0 aromatic heterocycles. The minimum absolute atomic E-state index is 0.0539. The van der Waals surface area contributed by atoms with E-state index < -0.39 is 0 Å². The number of rotatable bonds is 3. The van der Waals surface area contributed by atoms with Crippen molar-refractivity contribution in [1.29, 1.82) is 0 Å². The highest BCUT2D eigenvalue weighted by atomic mass is 35.5. The molecular weight excluding hydrogens is 223 g/mol. The molecule has 4 heteroatoms. The van der Waals surface area contributed by atoms with E-state index in [1.54, 1.807) is 0 Å². The standard InChI is InChI=1S/C10H16Cl2O2/c1-7(11)6-9(12)8(2)10-13-4-3-5-14-10/h6-8,10H,3-5H2,1-2H3/b9-6+. The van der Waals surface area contributed by atoms with Gasteiger partial charge in [0.15, 0.2) is 6.29 Å². The van der Waals surface area contributed by atoms with E-state index in [0.717, 1.165) is 19.6 Å². The van der Waals surface area contributed by atoms with Crippen LogP contribution in [-0.2, 0) is 9.47 Å². The summed E-state index contributed by atoms with van der Waals surface area (Å²) in [5, 5.41) is 0.646. The van der Waals surface area contributed by atoms with Crippen molar-refractivity contribution in [2.75, 3.05) is 13.2 Å². The molecule has 2 atom stereocenters. The van der Waals surface area contributed by atoms with Gasteiger partial charge >= 0.3 is 0 Å². The SMILES string of the molecule is CC(Cl)/C=C(/Cl)C(C)C1OCCCO1. The van der Waals surface area contributed by atoms with E-state index in [1.807, 2.05) is 19.9 Å². The predicted octanol–water partition coefficient (Wildman–Crippen LogP) is 3.14. The van der Waals surface area contributed by atoms with Crippen molar-refractivity contribution in [2.45, 2.75) is 31.9 Å². The maximum Gasteiger partial charge on any atom is 0.164 e. The molecule has 14 heavy (non-hydrogen) atoms. The molecule has 0 aliphatic carbocycles. The molecule has 1 aliphatic heterocycles. The average Bonchev–Trinajstić information content (AvgIpc) is 2.17. The van der Waals surface area contributed by atoms with Crippen LogP contribution in [0.1, 0.15) is 20.3 Å². The predicted molar refractivity (Wildman–Crippen MR) is 58.7 cm³/mol. The van der Waals surface area contributed by atoms with Crippen LogP contribution in [-0.4, -0.2) is 24.9 Å². The number of hydrogen-bond donors (Lipinski definition) is 0. The average molecular weight is 239 g/mol. The summed E-state index contributed by atoms with van der Waals surface area (Å²) in [5.41, 5.74) is 0. The van der Waals surface area contributed by atoms with E-state index in [4.69, 9.17) is 32.7 Å². The van der Waals surface area contributed by atoms with Crippen LogP contribution < -0.4 is 0 Å². The highest BCUT2D eigenvalue weighted by Gasteiger charge is 2.23. The van der Waals surface area contributed by atoms with Gasteiger partial charge in [-0.2, -0.15) is 0 Å². The second kappa shape index (κ2) is 5.96. The summed E-state index contributed by atoms with van der Waals surface area (Å²) in [5.74, 6) is 0.0539. The van der Waals surface area contributed by atoms with Gasteiger partial charge in [-0.15, -0.1) is 11.6 Å². The summed E-state index contributed by atoms with van der Waals surface area (Å²) in [6.07, 6.45) is 2.55. The molecule has 0 radical (unpaired) electrons. The Labute approximate surface area is 95.2 Å². The van der Waals surface area contributed by atoms with Gasteiger partial charge < -0.3 is 9.47 Å². The first-order valence-electron chi connectivity index (χ1n) is 4.85. The fourth-order valence-corrected chi connectivity index (χ4v) is 1.79. The Morgan fingerprint density at radius 1 is 1.36 bits per heavy atom. The maximum atomic E-state index is 6.08. The molecule has 0 amide bonds. The first-order chi connectivity index (χ1) is 6.61. The van der Waals surface area contributed by atoms with Gasteiger partial charge in [-0.1, -0.05) is 24.6 Å². The van der Waals surface area contributed by atoms with Crippen LogP contribution in [0.4, 0.5) is 0 Å². The maximum absolute atomic E-state index is 6.08. The van der Waals surface area contributed by atoms with Crippen LogP contribution in [0.3, 0.4) is 0 Å². The molecule has 1 heterocycles.